The van der Waals surface area contributed by atoms with E-state index < -0.39 is 0 Å². The van der Waals surface area contributed by atoms with E-state index in [9.17, 15) is 4.79 Å². The van der Waals surface area contributed by atoms with Crippen molar-refractivity contribution in [1.29, 1.82) is 0 Å². The van der Waals surface area contributed by atoms with Crippen LogP contribution in [0.25, 0.3) is 0 Å². The van der Waals surface area contributed by atoms with E-state index in [1.165, 1.54) is 0 Å². The molecular weight excluding hydrogens is 284 g/mol. The normalized spacial score (nSPS) is 14.5. The molecule has 3 nitrogen and oxygen atoms in total. The molecule has 3 rings (SSSR count). The van der Waals surface area contributed by atoms with Crippen LogP contribution in [-0.4, -0.2) is 19.0 Å². The number of amides is 1. The Morgan fingerprint density at radius 1 is 1.24 bits per heavy atom. The molecule has 0 fully saturated rings. The Morgan fingerprint density at radius 3 is 2.86 bits per heavy atom. The molecule has 0 saturated heterocycles. The van der Waals surface area contributed by atoms with Crippen molar-refractivity contribution in [3.63, 3.8) is 0 Å². The smallest absolute Gasteiger partial charge is 0.258 e. The maximum absolute atomic E-state index is 12.8. The van der Waals surface area contributed by atoms with Gasteiger partial charge >= 0.3 is 0 Å². The third-order valence-electron chi connectivity index (χ3n) is 3.76. The maximum Gasteiger partial charge on any atom is 0.258 e. The topological polar surface area (TPSA) is 32.3 Å². The number of rotatable bonds is 1. The zero-order valence-electron chi connectivity index (χ0n) is 11.9. The summed E-state index contributed by atoms with van der Waals surface area (Å²) in [5.74, 6) is 0.0194. The predicted molar refractivity (Wildman–Crippen MR) is 86.0 cm³/mol. The van der Waals surface area contributed by atoms with Crippen LogP contribution in [0.5, 0.6) is 0 Å². The van der Waals surface area contributed by atoms with Gasteiger partial charge in [0.05, 0.1) is 0 Å². The lowest BCUT2D eigenvalue weighted by Crippen LogP contribution is -2.34. The van der Waals surface area contributed by atoms with Crippen LogP contribution in [0.2, 0.25) is 5.02 Å². The largest absolute Gasteiger partial charge is 0.311 e. The molecule has 0 unspecified atom stereocenters. The minimum absolute atomic E-state index is 0.0194. The highest BCUT2D eigenvalue weighted by atomic mass is 35.5. The lowest BCUT2D eigenvalue weighted by molar-refractivity contribution is 0.0987. The molecule has 0 bridgehead atoms. The van der Waals surface area contributed by atoms with Crippen LogP contribution in [-0.2, 0) is 6.54 Å². The maximum atomic E-state index is 12.8. The quantitative estimate of drug-likeness (QED) is 0.875. The van der Waals surface area contributed by atoms with Crippen molar-refractivity contribution in [3.8, 4) is 0 Å². The van der Waals surface area contributed by atoms with E-state index in [2.05, 4.69) is 11.4 Å². The SMILES string of the molecule is Cc1cc(C(=O)N2CCNCc3ccccc32)ccc1Cl. The summed E-state index contributed by atoms with van der Waals surface area (Å²) in [6.45, 7) is 4.15. The van der Waals surface area contributed by atoms with Gasteiger partial charge in [0.1, 0.15) is 0 Å². The van der Waals surface area contributed by atoms with Crippen molar-refractivity contribution < 1.29 is 4.79 Å². The highest BCUT2D eigenvalue weighted by molar-refractivity contribution is 6.31. The van der Waals surface area contributed by atoms with Crippen molar-refractivity contribution in [2.75, 3.05) is 18.0 Å². The standard InChI is InChI=1S/C17H17ClN2O/c1-12-10-13(6-7-15(12)18)17(21)20-9-8-19-11-14-4-2-3-5-16(14)20/h2-7,10,19H,8-9,11H2,1H3. The molecule has 0 atom stereocenters. The van der Waals surface area contributed by atoms with E-state index >= 15 is 0 Å². The average Bonchev–Trinajstić information content (AvgIpc) is 2.71. The summed E-state index contributed by atoms with van der Waals surface area (Å²) in [5, 5.41) is 4.03. The zero-order chi connectivity index (χ0) is 14.8. The molecule has 1 N–H and O–H groups in total. The number of nitrogens with one attached hydrogen (secondary N) is 1. The summed E-state index contributed by atoms with van der Waals surface area (Å²) in [7, 11) is 0. The number of carbonyl (C=O) groups is 1. The third-order valence-corrected chi connectivity index (χ3v) is 4.18. The van der Waals surface area contributed by atoms with Crippen LogP contribution in [0.15, 0.2) is 42.5 Å². The summed E-state index contributed by atoms with van der Waals surface area (Å²) < 4.78 is 0. The summed E-state index contributed by atoms with van der Waals surface area (Å²) in [6.07, 6.45) is 0. The highest BCUT2D eigenvalue weighted by Crippen LogP contribution is 2.25. The van der Waals surface area contributed by atoms with Gasteiger partial charge in [0.2, 0.25) is 0 Å². The van der Waals surface area contributed by atoms with E-state index in [1.54, 1.807) is 12.1 Å². The van der Waals surface area contributed by atoms with Gasteiger partial charge in [-0.1, -0.05) is 29.8 Å². The number of nitrogens with zero attached hydrogens (tertiary/aromatic N) is 1. The van der Waals surface area contributed by atoms with Gasteiger partial charge in [-0.2, -0.15) is 0 Å². The van der Waals surface area contributed by atoms with Gasteiger partial charge in [-0.25, -0.2) is 0 Å². The highest BCUT2D eigenvalue weighted by Gasteiger charge is 2.22. The average molecular weight is 301 g/mol. The molecule has 0 aliphatic carbocycles. The molecule has 2 aromatic carbocycles. The predicted octanol–water partition coefficient (Wildman–Crippen LogP) is 3.40. The molecule has 0 radical (unpaired) electrons. The molecule has 2 aromatic rings. The van der Waals surface area contributed by atoms with Crippen molar-refractivity contribution in [1.82, 2.24) is 5.32 Å². The fourth-order valence-electron chi connectivity index (χ4n) is 2.60. The van der Waals surface area contributed by atoms with Gasteiger partial charge in [-0.3, -0.25) is 4.79 Å². The molecule has 1 aliphatic heterocycles. The number of hydrogen-bond acceptors (Lipinski definition) is 2. The van der Waals surface area contributed by atoms with E-state index in [-0.39, 0.29) is 5.91 Å². The van der Waals surface area contributed by atoms with Crippen LogP contribution in [0.4, 0.5) is 5.69 Å². The molecule has 1 aliphatic rings. The first-order chi connectivity index (χ1) is 10.2. The van der Waals surface area contributed by atoms with Crippen LogP contribution in [0.3, 0.4) is 0 Å². The number of benzene rings is 2. The summed E-state index contributed by atoms with van der Waals surface area (Å²) in [6, 6.07) is 13.5. The van der Waals surface area contributed by atoms with E-state index in [0.717, 1.165) is 29.9 Å². The summed E-state index contributed by atoms with van der Waals surface area (Å²) in [4.78, 5) is 14.7. The van der Waals surface area contributed by atoms with Crippen LogP contribution < -0.4 is 10.2 Å². The van der Waals surface area contributed by atoms with Gasteiger partial charge in [-0.05, 0) is 42.3 Å². The Bertz CT molecular complexity index is 684. The molecule has 108 valence electrons. The first kappa shape index (κ1) is 14.1. The first-order valence-electron chi connectivity index (χ1n) is 7.03. The van der Waals surface area contributed by atoms with Gasteiger partial charge in [0.15, 0.2) is 0 Å². The number of aryl methyl sites for hydroxylation is 1. The molecule has 4 heteroatoms. The second-order valence-electron chi connectivity index (χ2n) is 5.23. The number of hydrogen-bond donors (Lipinski definition) is 1. The minimum atomic E-state index is 0.0194. The Labute approximate surface area is 129 Å². The van der Waals surface area contributed by atoms with Crippen molar-refractivity contribution in [2.45, 2.75) is 13.5 Å². The monoisotopic (exact) mass is 300 g/mol. The lowest BCUT2D eigenvalue weighted by Gasteiger charge is -2.22. The number of fused-ring (bicyclic) bond motifs is 1. The summed E-state index contributed by atoms with van der Waals surface area (Å²) in [5.41, 5.74) is 3.73. The first-order valence-corrected chi connectivity index (χ1v) is 7.41. The molecule has 0 spiro atoms. The Hall–Kier alpha value is -1.84. The van der Waals surface area contributed by atoms with Crippen LogP contribution in [0.1, 0.15) is 21.5 Å². The van der Waals surface area contributed by atoms with E-state index in [4.69, 9.17) is 11.6 Å². The number of anilines is 1. The van der Waals surface area contributed by atoms with Crippen LogP contribution >= 0.6 is 11.6 Å². The van der Waals surface area contributed by atoms with Crippen molar-refractivity contribution in [3.05, 3.63) is 64.2 Å². The van der Waals surface area contributed by atoms with Crippen molar-refractivity contribution in [2.24, 2.45) is 0 Å². The Kier molecular flexibility index (Phi) is 3.95. The molecular formula is C17H17ClN2O. The zero-order valence-corrected chi connectivity index (χ0v) is 12.7. The Balaban J connectivity index is 1.99. The minimum Gasteiger partial charge on any atom is -0.311 e. The van der Waals surface area contributed by atoms with Gasteiger partial charge in [0, 0.05) is 35.9 Å². The van der Waals surface area contributed by atoms with Crippen LogP contribution in [0, 0.1) is 6.92 Å². The molecule has 1 amide bonds. The van der Waals surface area contributed by atoms with Crippen molar-refractivity contribution >= 4 is 23.2 Å². The molecule has 1 heterocycles. The lowest BCUT2D eigenvalue weighted by atomic mass is 10.1. The second kappa shape index (κ2) is 5.88. The second-order valence-corrected chi connectivity index (χ2v) is 5.63. The fraction of sp³-hybridized carbons (Fsp3) is 0.235. The molecule has 21 heavy (non-hydrogen) atoms. The third kappa shape index (κ3) is 2.80. The van der Waals surface area contributed by atoms with E-state index in [1.807, 2.05) is 36.1 Å². The Morgan fingerprint density at radius 2 is 2.05 bits per heavy atom. The number of para-hydroxylation sites is 1. The number of halogens is 1. The number of carbonyl (C=O) groups excluding carboxylic acids is 1. The van der Waals surface area contributed by atoms with Gasteiger partial charge in [0.25, 0.3) is 5.91 Å². The summed E-state index contributed by atoms with van der Waals surface area (Å²) >= 11 is 6.04. The van der Waals surface area contributed by atoms with Gasteiger partial charge < -0.3 is 10.2 Å². The fourth-order valence-corrected chi connectivity index (χ4v) is 2.72. The van der Waals surface area contributed by atoms with E-state index in [0.29, 0.717) is 17.1 Å². The molecule has 0 aromatic heterocycles. The van der Waals surface area contributed by atoms with Gasteiger partial charge in [-0.15, -0.1) is 0 Å². The molecule has 0 saturated carbocycles.